The minimum atomic E-state index is -4.02. The van der Waals surface area contributed by atoms with Crippen LogP contribution in [0, 0.1) is 6.92 Å². The van der Waals surface area contributed by atoms with Crippen molar-refractivity contribution in [1.82, 2.24) is 24.3 Å². The van der Waals surface area contributed by atoms with Gasteiger partial charge in [0.1, 0.15) is 11.6 Å². The van der Waals surface area contributed by atoms with E-state index in [1.807, 2.05) is 44.2 Å². The molecule has 0 radical (unpaired) electrons. The Morgan fingerprint density at radius 1 is 1.16 bits per heavy atom. The van der Waals surface area contributed by atoms with Gasteiger partial charge in [0.2, 0.25) is 10.0 Å². The first-order valence-electron chi connectivity index (χ1n) is 12.2. The molecule has 3 N–H and O–H groups in total. The minimum absolute atomic E-state index is 0.0456. The van der Waals surface area contributed by atoms with Crippen molar-refractivity contribution in [3.05, 3.63) is 76.0 Å². The third-order valence-electron chi connectivity index (χ3n) is 5.90. The Hall–Kier alpha value is -3.54. The zero-order valence-corrected chi connectivity index (χ0v) is 21.9. The highest BCUT2D eigenvalue weighted by molar-refractivity contribution is 7.89. The summed E-state index contributed by atoms with van der Waals surface area (Å²) in [5.74, 6) is 1.19. The van der Waals surface area contributed by atoms with E-state index in [1.54, 1.807) is 6.92 Å². The maximum absolute atomic E-state index is 13.3. The van der Waals surface area contributed by atoms with Crippen LogP contribution in [-0.4, -0.2) is 52.4 Å². The molecule has 11 heteroatoms. The van der Waals surface area contributed by atoms with Gasteiger partial charge in [-0.3, -0.25) is 4.79 Å². The fourth-order valence-electron chi connectivity index (χ4n) is 4.21. The van der Waals surface area contributed by atoms with Crippen molar-refractivity contribution in [3.63, 3.8) is 0 Å². The number of rotatable bonds is 11. The SMILES string of the molecule is CCCc1nc(C)c2c(=O)[nH]c(-c3cc(S(=O)(=O)N[C@@H](CO)Cc4ccccc4)ccc3OCC)nn12. The van der Waals surface area contributed by atoms with Crippen molar-refractivity contribution in [2.75, 3.05) is 13.2 Å². The van der Waals surface area contributed by atoms with Crippen LogP contribution in [0.15, 0.2) is 58.2 Å². The van der Waals surface area contributed by atoms with E-state index in [9.17, 15) is 18.3 Å². The van der Waals surface area contributed by atoms with Crippen LogP contribution in [0.3, 0.4) is 0 Å². The van der Waals surface area contributed by atoms with Crippen molar-refractivity contribution in [2.24, 2.45) is 0 Å². The molecule has 2 aromatic heterocycles. The zero-order valence-electron chi connectivity index (χ0n) is 21.1. The summed E-state index contributed by atoms with van der Waals surface area (Å²) in [5, 5.41) is 14.4. The topological polar surface area (TPSA) is 139 Å². The summed E-state index contributed by atoms with van der Waals surface area (Å²) in [7, 11) is -4.02. The van der Waals surface area contributed by atoms with Gasteiger partial charge in [-0.25, -0.2) is 22.6 Å². The minimum Gasteiger partial charge on any atom is -0.493 e. The van der Waals surface area contributed by atoms with Crippen molar-refractivity contribution >= 4 is 15.5 Å². The predicted octanol–water partition coefficient (Wildman–Crippen LogP) is 2.63. The van der Waals surface area contributed by atoms with E-state index in [0.29, 0.717) is 47.8 Å². The molecule has 0 spiro atoms. The lowest BCUT2D eigenvalue weighted by Crippen LogP contribution is -2.39. The van der Waals surface area contributed by atoms with Gasteiger partial charge in [-0.05, 0) is 50.5 Å². The maximum atomic E-state index is 13.3. The molecule has 2 aromatic carbocycles. The van der Waals surface area contributed by atoms with Crippen molar-refractivity contribution in [3.8, 4) is 17.1 Å². The molecule has 0 saturated carbocycles. The number of fused-ring (bicyclic) bond motifs is 1. The first-order valence-corrected chi connectivity index (χ1v) is 13.7. The summed E-state index contributed by atoms with van der Waals surface area (Å²) in [6.45, 7) is 5.53. The fraction of sp³-hybridized carbons (Fsp3) is 0.346. The highest BCUT2D eigenvalue weighted by Crippen LogP contribution is 2.30. The number of aromatic nitrogens is 4. The van der Waals surface area contributed by atoms with Gasteiger partial charge in [-0.2, -0.15) is 0 Å². The molecule has 37 heavy (non-hydrogen) atoms. The molecule has 10 nitrogen and oxygen atoms in total. The standard InChI is InChI=1S/C26H31N5O5S/c1-4-9-23-27-17(3)24-26(33)28-25(29-31(23)24)21-15-20(12-13-22(21)36-5-2)37(34,35)30-19(16-32)14-18-10-7-6-8-11-18/h6-8,10-13,15,19,30,32H,4-5,9,14,16H2,1-3H3,(H,28,29,33)/t19-/m1/s1. The molecule has 196 valence electrons. The van der Waals surface area contributed by atoms with Crippen LogP contribution in [0.5, 0.6) is 5.75 Å². The Labute approximate surface area is 215 Å². The molecule has 0 amide bonds. The van der Waals surface area contributed by atoms with Gasteiger partial charge >= 0.3 is 0 Å². The number of aliphatic hydroxyl groups excluding tert-OH is 1. The number of aryl methyl sites for hydroxylation is 2. The van der Waals surface area contributed by atoms with Crippen LogP contribution in [0.1, 0.15) is 37.4 Å². The van der Waals surface area contributed by atoms with Crippen molar-refractivity contribution in [1.29, 1.82) is 0 Å². The molecular weight excluding hydrogens is 494 g/mol. The molecule has 0 bridgehead atoms. The van der Waals surface area contributed by atoms with Gasteiger partial charge in [0, 0.05) is 12.5 Å². The van der Waals surface area contributed by atoms with Gasteiger partial charge in [-0.15, -0.1) is 5.10 Å². The number of nitrogens with one attached hydrogen (secondary N) is 2. The quantitative estimate of drug-likeness (QED) is 0.274. The zero-order chi connectivity index (χ0) is 26.6. The van der Waals surface area contributed by atoms with E-state index in [4.69, 9.17) is 4.74 Å². The summed E-state index contributed by atoms with van der Waals surface area (Å²) in [6.07, 6.45) is 1.78. The summed E-state index contributed by atoms with van der Waals surface area (Å²) in [6, 6.07) is 13.0. The fourth-order valence-corrected chi connectivity index (χ4v) is 5.47. The lowest BCUT2D eigenvalue weighted by molar-refractivity contribution is 0.256. The van der Waals surface area contributed by atoms with Crippen LogP contribution in [-0.2, 0) is 22.9 Å². The predicted molar refractivity (Wildman–Crippen MR) is 140 cm³/mol. The molecule has 0 saturated heterocycles. The number of aliphatic hydroxyl groups is 1. The highest BCUT2D eigenvalue weighted by atomic mass is 32.2. The van der Waals surface area contributed by atoms with E-state index >= 15 is 0 Å². The molecule has 0 aliphatic rings. The monoisotopic (exact) mass is 525 g/mol. The summed E-state index contributed by atoms with van der Waals surface area (Å²) >= 11 is 0. The van der Waals surface area contributed by atoms with Gasteiger partial charge < -0.3 is 14.8 Å². The second kappa shape index (κ2) is 11.2. The van der Waals surface area contributed by atoms with E-state index in [2.05, 4.69) is 19.8 Å². The molecule has 4 rings (SSSR count). The first kappa shape index (κ1) is 26.5. The van der Waals surface area contributed by atoms with Crippen LogP contribution in [0.2, 0.25) is 0 Å². The molecule has 0 aliphatic carbocycles. The average molecular weight is 526 g/mol. The summed E-state index contributed by atoms with van der Waals surface area (Å²) in [4.78, 5) is 20.2. The van der Waals surface area contributed by atoms with E-state index < -0.39 is 16.1 Å². The number of sulfonamides is 1. The molecule has 4 aromatic rings. The Balaban J connectivity index is 1.76. The highest BCUT2D eigenvalue weighted by Gasteiger charge is 2.23. The van der Waals surface area contributed by atoms with Gasteiger partial charge in [0.15, 0.2) is 11.3 Å². The Morgan fingerprint density at radius 2 is 1.92 bits per heavy atom. The lowest BCUT2D eigenvalue weighted by atomic mass is 10.1. The summed E-state index contributed by atoms with van der Waals surface area (Å²) in [5.41, 5.74) is 1.76. The third kappa shape index (κ3) is 5.74. The van der Waals surface area contributed by atoms with E-state index in [1.165, 1.54) is 22.7 Å². The van der Waals surface area contributed by atoms with Crippen LogP contribution >= 0.6 is 0 Å². The van der Waals surface area contributed by atoms with E-state index in [0.717, 1.165) is 12.0 Å². The third-order valence-corrected chi connectivity index (χ3v) is 7.42. The van der Waals surface area contributed by atoms with Crippen molar-refractivity contribution < 1.29 is 18.3 Å². The lowest BCUT2D eigenvalue weighted by Gasteiger charge is -2.18. The second-order valence-corrected chi connectivity index (χ2v) is 10.4. The molecule has 1 atom stereocenters. The largest absolute Gasteiger partial charge is 0.493 e. The Bertz CT molecular complexity index is 1550. The van der Waals surface area contributed by atoms with Gasteiger partial charge in [-0.1, -0.05) is 37.3 Å². The number of hydrogen-bond donors (Lipinski definition) is 3. The molecule has 0 fully saturated rings. The molecule has 2 heterocycles. The van der Waals surface area contributed by atoms with Gasteiger partial charge in [0.25, 0.3) is 5.56 Å². The summed E-state index contributed by atoms with van der Waals surface area (Å²) < 4.78 is 36.4. The number of H-pyrrole nitrogens is 1. The average Bonchev–Trinajstić information content (AvgIpc) is 3.20. The molecule has 0 aliphatic heterocycles. The van der Waals surface area contributed by atoms with Crippen molar-refractivity contribution in [2.45, 2.75) is 51.0 Å². The van der Waals surface area contributed by atoms with Crippen LogP contribution < -0.4 is 15.0 Å². The van der Waals surface area contributed by atoms with Crippen LogP contribution in [0.25, 0.3) is 16.9 Å². The second-order valence-electron chi connectivity index (χ2n) is 8.71. The van der Waals surface area contributed by atoms with Gasteiger partial charge in [0.05, 0.1) is 29.4 Å². The smallest absolute Gasteiger partial charge is 0.277 e. The molecule has 0 unspecified atom stereocenters. The maximum Gasteiger partial charge on any atom is 0.277 e. The Morgan fingerprint density at radius 3 is 2.59 bits per heavy atom. The number of imidazole rings is 1. The number of ether oxygens (including phenoxy) is 1. The number of nitrogens with zero attached hydrogens (tertiary/aromatic N) is 3. The normalized spacial score (nSPS) is 12.6. The molecular formula is C26H31N5O5S. The Kier molecular flexibility index (Phi) is 8.06. The number of benzene rings is 2. The number of aromatic amines is 1. The first-order chi connectivity index (χ1) is 17.8. The van der Waals surface area contributed by atoms with E-state index in [-0.39, 0.29) is 22.9 Å². The number of hydrogen-bond acceptors (Lipinski definition) is 7. The van der Waals surface area contributed by atoms with Crippen LogP contribution in [0.4, 0.5) is 0 Å².